The fraction of sp³-hybridized carbons (Fsp3) is 0.312. The predicted octanol–water partition coefficient (Wildman–Crippen LogP) is 1.58. The second-order valence-electron chi connectivity index (χ2n) is 4.24. The number of alkyl carbamates (subject to hydrolysis) is 1. The van der Waals surface area contributed by atoms with Gasteiger partial charge >= 0.3 is 18.0 Å². The zero-order valence-electron chi connectivity index (χ0n) is 12.8. The van der Waals surface area contributed by atoms with E-state index < -0.39 is 18.0 Å². The normalized spacial score (nSPS) is 10.1. The fourth-order valence-corrected chi connectivity index (χ4v) is 1.45. The molecule has 1 amide bonds. The highest BCUT2D eigenvalue weighted by atomic mass is 16.6. The van der Waals surface area contributed by atoms with Crippen molar-refractivity contribution in [2.24, 2.45) is 0 Å². The van der Waals surface area contributed by atoms with Crippen LogP contribution in [0, 0.1) is 0 Å². The van der Waals surface area contributed by atoms with Crippen molar-refractivity contribution in [3.05, 3.63) is 48.0 Å². The van der Waals surface area contributed by atoms with E-state index >= 15 is 0 Å². The Balaban J connectivity index is 2.11. The minimum Gasteiger partial charge on any atom is -0.463 e. The van der Waals surface area contributed by atoms with Gasteiger partial charge in [-0.05, 0) is 12.5 Å². The summed E-state index contributed by atoms with van der Waals surface area (Å²) in [5.41, 5.74) is 0.873. The molecule has 124 valence electrons. The zero-order valence-corrected chi connectivity index (χ0v) is 12.8. The number of benzene rings is 1. The van der Waals surface area contributed by atoms with Crippen molar-refractivity contribution in [3.63, 3.8) is 0 Å². The van der Waals surface area contributed by atoms with Crippen molar-refractivity contribution in [1.82, 2.24) is 5.32 Å². The summed E-state index contributed by atoms with van der Waals surface area (Å²) in [6.45, 7) is 2.12. The van der Waals surface area contributed by atoms with Gasteiger partial charge in [-0.15, -0.1) is 0 Å². The Bertz CT molecular complexity index is 541. The third-order valence-corrected chi connectivity index (χ3v) is 2.47. The summed E-state index contributed by atoms with van der Waals surface area (Å²) in [6.07, 6.45) is 1.34. The molecule has 1 rings (SSSR count). The van der Waals surface area contributed by atoms with Crippen molar-refractivity contribution >= 4 is 18.0 Å². The second kappa shape index (κ2) is 10.8. The van der Waals surface area contributed by atoms with Gasteiger partial charge in [-0.3, -0.25) is 0 Å². The van der Waals surface area contributed by atoms with E-state index in [1.807, 2.05) is 30.3 Å². The SMILES string of the molecule is CCOC(=O)/C=C/C(=O)OCCNC(=O)OCc1ccccc1. The Kier molecular flexibility index (Phi) is 8.58. The molecule has 0 fully saturated rings. The van der Waals surface area contributed by atoms with Gasteiger partial charge in [0.2, 0.25) is 0 Å². The number of rotatable bonds is 8. The molecule has 1 aromatic rings. The summed E-state index contributed by atoms with van der Waals surface area (Å²) in [7, 11) is 0. The molecule has 0 saturated carbocycles. The Morgan fingerprint density at radius 1 is 1.00 bits per heavy atom. The lowest BCUT2D eigenvalue weighted by Gasteiger charge is -2.07. The number of carbonyl (C=O) groups excluding carboxylic acids is 3. The van der Waals surface area contributed by atoms with Gasteiger partial charge in [-0.25, -0.2) is 14.4 Å². The number of ether oxygens (including phenoxy) is 3. The molecule has 0 bridgehead atoms. The molecule has 7 nitrogen and oxygen atoms in total. The quantitative estimate of drug-likeness (QED) is 0.338. The molecule has 0 spiro atoms. The fourth-order valence-electron chi connectivity index (χ4n) is 1.45. The van der Waals surface area contributed by atoms with Crippen molar-refractivity contribution < 1.29 is 28.6 Å². The number of amides is 1. The highest BCUT2D eigenvalue weighted by molar-refractivity contribution is 5.91. The summed E-state index contributed by atoms with van der Waals surface area (Å²) < 4.78 is 14.4. The third kappa shape index (κ3) is 8.92. The van der Waals surface area contributed by atoms with Crippen LogP contribution in [0.3, 0.4) is 0 Å². The van der Waals surface area contributed by atoms with Gasteiger partial charge in [0.1, 0.15) is 13.2 Å². The lowest BCUT2D eigenvalue weighted by Crippen LogP contribution is -2.28. The van der Waals surface area contributed by atoms with E-state index in [0.717, 1.165) is 17.7 Å². The molecule has 1 aromatic carbocycles. The first-order valence-electron chi connectivity index (χ1n) is 7.08. The lowest BCUT2D eigenvalue weighted by molar-refractivity contribution is -0.140. The Morgan fingerprint density at radius 2 is 1.65 bits per heavy atom. The molecule has 23 heavy (non-hydrogen) atoms. The molecule has 1 N–H and O–H groups in total. The van der Waals surface area contributed by atoms with Crippen LogP contribution in [0.25, 0.3) is 0 Å². The monoisotopic (exact) mass is 321 g/mol. The third-order valence-electron chi connectivity index (χ3n) is 2.47. The van der Waals surface area contributed by atoms with Crippen molar-refractivity contribution in [1.29, 1.82) is 0 Å². The van der Waals surface area contributed by atoms with Crippen LogP contribution in [0.15, 0.2) is 42.5 Å². The average Bonchev–Trinajstić information content (AvgIpc) is 2.56. The van der Waals surface area contributed by atoms with E-state index in [1.54, 1.807) is 6.92 Å². The topological polar surface area (TPSA) is 90.9 Å². The maximum Gasteiger partial charge on any atom is 0.407 e. The van der Waals surface area contributed by atoms with E-state index in [0.29, 0.717) is 0 Å². The van der Waals surface area contributed by atoms with Crippen LogP contribution in [0.2, 0.25) is 0 Å². The van der Waals surface area contributed by atoms with Gasteiger partial charge in [0.05, 0.1) is 13.2 Å². The molecule has 0 aliphatic rings. The van der Waals surface area contributed by atoms with Gasteiger partial charge in [0.15, 0.2) is 0 Å². The number of hydrogen-bond acceptors (Lipinski definition) is 6. The molecule has 7 heteroatoms. The van der Waals surface area contributed by atoms with E-state index in [4.69, 9.17) is 9.47 Å². The molecule has 0 saturated heterocycles. The molecule has 0 aromatic heterocycles. The summed E-state index contributed by atoms with van der Waals surface area (Å²) in [6, 6.07) is 9.24. The number of carbonyl (C=O) groups is 3. The zero-order chi connectivity index (χ0) is 16.9. The lowest BCUT2D eigenvalue weighted by atomic mass is 10.2. The van der Waals surface area contributed by atoms with E-state index in [-0.39, 0.29) is 26.4 Å². The maximum absolute atomic E-state index is 11.4. The highest BCUT2D eigenvalue weighted by Gasteiger charge is 2.03. The van der Waals surface area contributed by atoms with Crippen molar-refractivity contribution in [2.75, 3.05) is 19.8 Å². The standard InChI is InChI=1S/C16H19NO6/c1-2-21-14(18)8-9-15(19)22-11-10-17-16(20)23-12-13-6-4-3-5-7-13/h3-9H,2,10-12H2,1H3,(H,17,20)/b9-8+. The van der Waals surface area contributed by atoms with Gasteiger partial charge in [0, 0.05) is 12.2 Å². The number of esters is 2. The minimum absolute atomic E-state index is 0.0353. The van der Waals surface area contributed by atoms with Gasteiger partial charge < -0.3 is 19.5 Å². The van der Waals surface area contributed by atoms with Gasteiger partial charge in [-0.2, -0.15) is 0 Å². The smallest absolute Gasteiger partial charge is 0.407 e. The predicted molar refractivity (Wildman–Crippen MR) is 81.4 cm³/mol. The van der Waals surface area contributed by atoms with Crippen LogP contribution in [-0.4, -0.2) is 37.8 Å². The van der Waals surface area contributed by atoms with E-state index in [2.05, 4.69) is 10.1 Å². The van der Waals surface area contributed by atoms with Crippen molar-refractivity contribution in [2.45, 2.75) is 13.5 Å². The first-order valence-corrected chi connectivity index (χ1v) is 7.08. The molecular weight excluding hydrogens is 302 g/mol. The van der Waals surface area contributed by atoms with Crippen LogP contribution in [0.4, 0.5) is 4.79 Å². The first kappa shape index (κ1) is 18.2. The molecule has 0 aliphatic carbocycles. The first-order chi connectivity index (χ1) is 11.1. The Labute approximate surface area is 134 Å². The number of nitrogens with one attached hydrogen (secondary N) is 1. The highest BCUT2D eigenvalue weighted by Crippen LogP contribution is 2.00. The molecule has 0 aliphatic heterocycles. The number of hydrogen-bond donors (Lipinski definition) is 1. The summed E-state index contributed by atoms with van der Waals surface area (Å²) >= 11 is 0. The second-order valence-corrected chi connectivity index (χ2v) is 4.24. The molecule has 0 unspecified atom stereocenters. The van der Waals surface area contributed by atoms with Gasteiger partial charge in [-0.1, -0.05) is 30.3 Å². The minimum atomic E-state index is -0.697. The summed E-state index contributed by atoms with van der Waals surface area (Å²) in [4.78, 5) is 33.6. The van der Waals surface area contributed by atoms with E-state index in [1.165, 1.54) is 0 Å². The molecule has 0 radical (unpaired) electrons. The van der Waals surface area contributed by atoms with Crippen LogP contribution >= 0.6 is 0 Å². The van der Waals surface area contributed by atoms with E-state index in [9.17, 15) is 14.4 Å². The average molecular weight is 321 g/mol. The van der Waals surface area contributed by atoms with Crippen LogP contribution in [0.5, 0.6) is 0 Å². The summed E-state index contributed by atoms with van der Waals surface area (Å²) in [5, 5.41) is 2.44. The molecule has 0 heterocycles. The largest absolute Gasteiger partial charge is 0.463 e. The Morgan fingerprint density at radius 3 is 2.30 bits per heavy atom. The van der Waals surface area contributed by atoms with Gasteiger partial charge in [0.25, 0.3) is 0 Å². The molecule has 0 atom stereocenters. The van der Waals surface area contributed by atoms with Crippen LogP contribution < -0.4 is 5.32 Å². The molecular formula is C16H19NO6. The van der Waals surface area contributed by atoms with Crippen LogP contribution in [0.1, 0.15) is 12.5 Å². The van der Waals surface area contributed by atoms with Crippen LogP contribution in [-0.2, 0) is 30.4 Å². The summed E-state index contributed by atoms with van der Waals surface area (Å²) in [5.74, 6) is -1.32. The van der Waals surface area contributed by atoms with Crippen molar-refractivity contribution in [3.8, 4) is 0 Å². The maximum atomic E-state index is 11.4. The Hall–Kier alpha value is -2.83.